The Hall–Kier alpha value is -12.1. The molecule has 0 bridgehead atoms. The molecule has 0 unspecified atom stereocenters. The average Bonchev–Trinajstić information content (AvgIpc) is 1.65. The van der Waals surface area contributed by atoms with E-state index in [-0.39, 0.29) is 45.2 Å². The number of carboxylic acids is 1. The van der Waals surface area contributed by atoms with Gasteiger partial charge in [-0.25, -0.2) is 34.7 Å². The summed E-state index contributed by atoms with van der Waals surface area (Å²) in [5.74, 6) is -1.39. The third-order valence-corrected chi connectivity index (χ3v) is 15.2. The van der Waals surface area contributed by atoms with Crippen molar-refractivity contribution in [2.75, 3.05) is 82.1 Å². The van der Waals surface area contributed by atoms with E-state index in [1.165, 1.54) is 6.92 Å². The van der Waals surface area contributed by atoms with Crippen molar-refractivity contribution < 1.29 is 48.8 Å². The zero-order valence-electron chi connectivity index (χ0n) is 53.8. The maximum absolute atomic E-state index is 12.2. The van der Waals surface area contributed by atoms with Crippen LogP contribution in [0.1, 0.15) is 33.1 Å². The topological polar surface area (TPSA) is 436 Å². The fraction of sp³-hybridized carbons (Fsp3) is 0.339. The number of nitriles is 3. The van der Waals surface area contributed by atoms with Crippen molar-refractivity contribution in [3.05, 3.63) is 129 Å². The number of amides is 2. The van der Waals surface area contributed by atoms with Gasteiger partial charge < -0.3 is 69.6 Å². The zero-order valence-corrected chi connectivity index (χ0v) is 53.8. The summed E-state index contributed by atoms with van der Waals surface area (Å²) in [6.07, 6.45) is 28.4. The summed E-state index contributed by atoms with van der Waals surface area (Å²) < 4.78 is 20.0. The number of aliphatic hydroxyl groups excluding tert-OH is 2. The molecule has 12 heterocycles. The number of aliphatic hydroxyl groups is 2. The quantitative estimate of drug-likeness (QED) is 0.0426. The lowest BCUT2D eigenvalue weighted by atomic mass is 9.86. The SMILES string of the molecule is CC(=O)OCC(=O)N1CC(CC#N)(n2ccc(-c3ccnc(Nc4cnn(C)c4)n3)c2)C1.CC(=O)OCC(=O)O.CO.Cn1cc(Nc2nccc(-c3ccn(C4(CC#N)CN(C(=O)CO)C4)c3)n2)cn1.Cn1cc(Nc2nccc(-c3ccn(C4(CC#N)CNC4)c3)n2)cn1.[B]. The Morgan fingerprint density at radius 1 is 0.536 bits per heavy atom. The van der Waals surface area contributed by atoms with Crippen LogP contribution in [-0.4, -0.2) is 202 Å². The first-order valence-corrected chi connectivity index (χ1v) is 29.5. The number of carbonyl (C=O) groups excluding carboxylic acids is 4. The van der Waals surface area contributed by atoms with Gasteiger partial charge in [-0.1, -0.05) is 0 Å². The van der Waals surface area contributed by atoms with Crippen LogP contribution in [0.5, 0.6) is 0 Å². The van der Waals surface area contributed by atoms with E-state index >= 15 is 0 Å². The number of esters is 2. The van der Waals surface area contributed by atoms with Gasteiger partial charge in [-0.15, -0.1) is 0 Å². The molecule has 3 saturated heterocycles. The monoisotopic (exact) mass is 1320 g/mol. The van der Waals surface area contributed by atoms with Crippen LogP contribution in [0.25, 0.3) is 33.8 Å². The number of nitrogens with one attached hydrogen (secondary N) is 4. The van der Waals surface area contributed by atoms with E-state index in [0.717, 1.165) is 78.0 Å². The molecular formula is C62H70BN24O10. The van der Waals surface area contributed by atoms with Crippen molar-refractivity contribution in [3.8, 4) is 52.0 Å². The minimum atomic E-state index is -1.14. The van der Waals surface area contributed by atoms with Crippen LogP contribution in [0, 0.1) is 34.0 Å². The Labute approximate surface area is 558 Å². The van der Waals surface area contributed by atoms with Crippen molar-refractivity contribution >= 4 is 73.0 Å². The molecule has 3 aliphatic heterocycles. The maximum Gasteiger partial charge on any atom is 0.341 e. The number of aromatic nitrogens is 15. The molecule has 501 valence electrons. The van der Waals surface area contributed by atoms with Gasteiger partial charge in [0.1, 0.15) is 6.61 Å². The predicted molar refractivity (Wildman–Crippen MR) is 348 cm³/mol. The molecule has 35 heteroatoms. The fourth-order valence-corrected chi connectivity index (χ4v) is 10.3. The van der Waals surface area contributed by atoms with Gasteiger partial charge in [0.15, 0.2) is 13.2 Å². The van der Waals surface area contributed by atoms with Gasteiger partial charge >= 0.3 is 17.9 Å². The lowest BCUT2D eigenvalue weighted by Gasteiger charge is -2.49. The number of hydrogen-bond acceptors (Lipinski definition) is 25. The molecule has 12 rings (SSSR count). The van der Waals surface area contributed by atoms with Gasteiger partial charge in [0.25, 0.3) is 5.91 Å². The molecule has 9 aromatic rings. The second-order valence-electron chi connectivity index (χ2n) is 22.2. The van der Waals surface area contributed by atoms with E-state index in [1.807, 2.05) is 116 Å². The van der Waals surface area contributed by atoms with Crippen LogP contribution in [0.4, 0.5) is 34.9 Å². The number of ether oxygens (including phenoxy) is 2. The van der Waals surface area contributed by atoms with E-state index in [0.29, 0.717) is 50.4 Å². The highest BCUT2D eigenvalue weighted by Crippen LogP contribution is 2.37. The molecule has 0 aromatic carbocycles. The highest BCUT2D eigenvalue weighted by atomic mass is 16.5. The van der Waals surface area contributed by atoms with E-state index < -0.39 is 42.2 Å². The first-order chi connectivity index (χ1) is 46.2. The van der Waals surface area contributed by atoms with Gasteiger partial charge in [-0.3, -0.25) is 33.2 Å². The third kappa shape index (κ3) is 18.6. The first-order valence-electron chi connectivity index (χ1n) is 29.5. The van der Waals surface area contributed by atoms with Crippen molar-refractivity contribution in [1.29, 1.82) is 15.8 Å². The minimum Gasteiger partial charge on any atom is -0.479 e. The molecule has 2 amide bonds. The smallest absolute Gasteiger partial charge is 0.341 e. The van der Waals surface area contributed by atoms with Crippen LogP contribution in [0.2, 0.25) is 0 Å². The normalized spacial score (nSPS) is 13.9. The average molecular weight is 1320 g/mol. The number of anilines is 6. The number of nitrogens with zero attached hydrogens (tertiary/aromatic N) is 20. The number of carbonyl (C=O) groups is 5. The number of hydrogen-bond donors (Lipinski definition) is 7. The van der Waals surface area contributed by atoms with Crippen LogP contribution in [0.3, 0.4) is 0 Å². The Morgan fingerprint density at radius 2 is 0.876 bits per heavy atom. The van der Waals surface area contributed by atoms with Gasteiger partial charge in [0, 0.05) is 181 Å². The van der Waals surface area contributed by atoms with E-state index in [2.05, 4.69) is 94.0 Å². The molecule has 3 radical (unpaired) electrons. The van der Waals surface area contributed by atoms with Crippen LogP contribution in [-0.2, 0) is 71.2 Å². The second-order valence-corrected chi connectivity index (χ2v) is 22.2. The summed E-state index contributed by atoms with van der Waals surface area (Å²) in [7, 11) is 6.52. The number of carboxylic acid groups (broad SMARTS) is 1. The van der Waals surface area contributed by atoms with E-state index in [4.69, 9.17) is 25.3 Å². The summed E-state index contributed by atoms with van der Waals surface area (Å²) in [4.78, 5) is 83.9. The molecule has 34 nitrogen and oxygen atoms in total. The van der Waals surface area contributed by atoms with Gasteiger partial charge in [-0.2, -0.15) is 31.1 Å². The molecule has 3 fully saturated rings. The first kappa shape index (κ1) is 72.3. The van der Waals surface area contributed by atoms with E-state index in [1.54, 1.807) is 67.1 Å². The van der Waals surface area contributed by atoms with Crippen LogP contribution < -0.4 is 21.3 Å². The summed E-state index contributed by atoms with van der Waals surface area (Å²) in [5.41, 5.74) is 6.29. The molecule has 3 aliphatic rings. The second kappa shape index (κ2) is 33.1. The standard InChI is InChI=1S/C21H22N8O3.C19H20N8O2.C17H18N8.C4H6O4.CH4O.B/c1-15(30)32-12-19(31)28-13-21(14-28,5-6-22)29-8-4-16(10-29)18-3-7-23-20(26-18)25-17-9-24-27(2)11-17;1-25-10-15(8-22-25)23-18-21-6-2-16(24-18)14-3-7-27(9-14)19(4-5-20)12-26(13-19)17(29)11-28;1-24-10-14(8-21-24)22-16-20-6-2-15(23-16)13-3-7-25(9-13)17(4-5-18)11-19-12-17;1-3(5)8-2-4(6)7;1-2;/h3-4,7-11H,5,12-14H2,1-2H3,(H,23,25,26);2-3,6-10,28H,4,11-13H2,1H3,(H,21,23,24);2-3,6-10,19H,4,11-12H2,1H3,(H,20,22,23);2H2,1H3,(H,6,7);2H,1H3;. The van der Waals surface area contributed by atoms with Crippen LogP contribution >= 0.6 is 0 Å². The Kier molecular flexibility index (Phi) is 24.7. The molecule has 0 atom stereocenters. The number of aryl methyl sites for hydroxylation is 3. The van der Waals surface area contributed by atoms with Gasteiger partial charge in [0.05, 0.1) is 107 Å². The van der Waals surface area contributed by atoms with Gasteiger partial charge in [-0.05, 0) is 36.4 Å². The summed E-state index contributed by atoms with van der Waals surface area (Å²) >= 11 is 0. The third-order valence-electron chi connectivity index (χ3n) is 15.2. The molecule has 7 N–H and O–H groups in total. The molecular weight excluding hydrogens is 1250 g/mol. The molecule has 0 saturated carbocycles. The summed E-state index contributed by atoms with van der Waals surface area (Å²) in [6.45, 7) is 4.21. The van der Waals surface area contributed by atoms with Crippen molar-refractivity contribution in [1.82, 2.24) is 88.1 Å². The molecule has 9 aromatic heterocycles. The lowest BCUT2D eigenvalue weighted by Crippen LogP contribution is -2.64. The predicted octanol–water partition coefficient (Wildman–Crippen LogP) is 2.80. The lowest BCUT2D eigenvalue weighted by molar-refractivity contribution is -0.155. The van der Waals surface area contributed by atoms with Crippen molar-refractivity contribution in [3.63, 3.8) is 0 Å². The Morgan fingerprint density at radius 3 is 1.16 bits per heavy atom. The Bertz CT molecular complexity index is 4270. The Balaban J connectivity index is 0.000000191. The molecule has 97 heavy (non-hydrogen) atoms. The van der Waals surface area contributed by atoms with Crippen LogP contribution in [0.15, 0.2) is 129 Å². The largest absolute Gasteiger partial charge is 0.479 e. The van der Waals surface area contributed by atoms with Crippen molar-refractivity contribution in [2.24, 2.45) is 21.1 Å². The summed E-state index contributed by atoms with van der Waals surface area (Å²) in [6, 6.07) is 18.1. The molecule has 0 aliphatic carbocycles. The highest BCUT2D eigenvalue weighted by molar-refractivity contribution is 5.81. The maximum atomic E-state index is 12.2. The number of rotatable bonds is 20. The van der Waals surface area contributed by atoms with E-state index in [9.17, 15) is 34.5 Å². The number of aliphatic carboxylic acids is 1. The highest BCUT2D eigenvalue weighted by Gasteiger charge is 2.48. The zero-order chi connectivity index (χ0) is 69.0. The molecule has 0 spiro atoms. The van der Waals surface area contributed by atoms with Gasteiger partial charge in [0.2, 0.25) is 23.8 Å². The number of likely N-dealkylation sites (tertiary alicyclic amines) is 2. The summed E-state index contributed by atoms with van der Waals surface area (Å²) in [5, 5.41) is 76.6. The van der Waals surface area contributed by atoms with Crippen molar-refractivity contribution in [2.45, 2.75) is 49.7 Å². The fourth-order valence-electron chi connectivity index (χ4n) is 10.3. The minimum absolute atomic E-state index is 0.